The van der Waals surface area contributed by atoms with Crippen LogP contribution in [0.2, 0.25) is 0 Å². The number of primary amides is 1. The van der Waals surface area contributed by atoms with Gasteiger partial charge in [-0.15, -0.1) is 0 Å². The first kappa shape index (κ1) is 17.5. The van der Waals surface area contributed by atoms with Crippen molar-refractivity contribution in [2.24, 2.45) is 5.73 Å². The van der Waals surface area contributed by atoms with Crippen LogP contribution < -0.4 is 10.5 Å². The molecule has 0 unspecified atom stereocenters. The third-order valence-electron chi connectivity index (χ3n) is 3.55. The van der Waals surface area contributed by atoms with Gasteiger partial charge in [-0.1, -0.05) is 24.3 Å². The van der Waals surface area contributed by atoms with Crippen LogP contribution in [0, 0.1) is 13.8 Å². The maximum atomic E-state index is 11.8. The van der Waals surface area contributed by atoms with Crippen molar-refractivity contribution in [3.8, 4) is 5.75 Å². The smallest absolute Gasteiger partial charge is 0.309 e. The molecule has 2 rings (SSSR count). The molecule has 2 aromatic carbocycles. The molecular weight excluding hydrogens is 306 g/mol. The highest BCUT2D eigenvalue weighted by Gasteiger charge is 2.06. The molecule has 5 heteroatoms. The monoisotopic (exact) mass is 327 g/mol. The largest absolute Gasteiger partial charge is 0.493 e. The van der Waals surface area contributed by atoms with E-state index in [1.807, 2.05) is 32.0 Å². The van der Waals surface area contributed by atoms with Gasteiger partial charge in [-0.2, -0.15) is 0 Å². The Morgan fingerprint density at radius 2 is 1.75 bits per heavy atom. The molecule has 5 nitrogen and oxygen atoms in total. The van der Waals surface area contributed by atoms with E-state index >= 15 is 0 Å². The number of ether oxygens (including phenoxy) is 2. The Morgan fingerprint density at radius 1 is 1.04 bits per heavy atom. The first-order valence-corrected chi connectivity index (χ1v) is 7.70. The number of rotatable bonds is 7. The summed E-state index contributed by atoms with van der Waals surface area (Å²) in [6.45, 7) is 4.37. The molecule has 0 saturated heterocycles. The number of hydrogen-bond donors (Lipinski definition) is 1. The Morgan fingerprint density at radius 3 is 2.42 bits per heavy atom. The van der Waals surface area contributed by atoms with Gasteiger partial charge in [0.2, 0.25) is 5.91 Å². The quantitative estimate of drug-likeness (QED) is 0.793. The summed E-state index contributed by atoms with van der Waals surface area (Å²) in [6, 6.07) is 12.6. The standard InChI is InChI=1S/C19H21NO4/c1-13-3-4-14(2)17(11-13)23-10-9-18(21)24-12-15-5-7-16(8-6-15)19(20)22/h3-8,11H,9-10,12H2,1-2H3,(H2,20,22). The molecule has 0 saturated carbocycles. The molecule has 2 aromatic rings. The third-order valence-corrected chi connectivity index (χ3v) is 3.55. The van der Waals surface area contributed by atoms with Crippen molar-refractivity contribution in [3.05, 3.63) is 64.7 Å². The van der Waals surface area contributed by atoms with Crippen molar-refractivity contribution < 1.29 is 19.1 Å². The minimum absolute atomic E-state index is 0.154. The lowest BCUT2D eigenvalue weighted by Crippen LogP contribution is -2.11. The van der Waals surface area contributed by atoms with E-state index < -0.39 is 5.91 Å². The van der Waals surface area contributed by atoms with Gasteiger partial charge < -0.3 is 15.2 Å². The molecule has 0 bridgehead atoms. The lowest BCUT2D eigenvalue weighted by molar-refractivity contribution is -0.145. The van der Waals surface area contributed by atoms with Gasteiger partial charge in [0.1, 0.15) is 12.4 Å². The number of amides is 1. The van der Waals surface area contributed by atoms with Crippen LogP contribution in [-0.4, -0.2) is 18.5 Å². The normalized spacial score (nSPS) is 10.2. The molecule has 24 heavy (non-hydrogen) atoms. The molecule has 0 aliphatic heterocycles. The lowest BCUT2D eigenvalue weighted by atomic mass is 10.1. The van der Waals surface area contributed by atoms with Crippen LogP contribution >= 0.6 is 0 Å². The van der Waals surface area contributed by atoms with Crippen LogP contribution in [0.15, 0.2) is 42.5 Å². The molecule has 0 aromatic heterocycles. The summed E-state index contributed by atoms with van der Waals surface area (Å²) in [5.41, 5.74) is 8.53. The summed E-state index contributed by atoms with van der Waals surface area (Å²) in [4.78, 5) is 22.7. The summed E-state index contributed by atoms with van der Waals surface area (Å²) < 4.78 is 10.8. The second-order valence-corrected chi connectivity index (χ2v) is 5.59. The van der Waals surface area contributed by atoms with E-state index in [2.05, 4.69) is 0 Å². The maximum Gasteiger partial charge on any atom is 0.309 e. The van der Waals surface area contributed by atoms with Crippen molar-refractivity contribution in [2.75, 3.05) is 6.61 Å². The fourth-order valence-corrected chi connectivity index (χ4v) is 2.11. The molecule has 126 valence electrons. The number of hydrogen-bond acceptors (Lipinski definition) is 4. The lowest BCUT2D eigenvalue weighted by Gasteiger charge is -2.10. The van der Waals surface area contributed by atoms with E-state index in [1.54, 1.807) is 24.3 Å². The SMILES string of the molecule is Cc1ccc(C)c(OCCC(=O)OCc2ccc(C(N)=O)cc2)c1. The van der Waals surface area contributed by atoms with Crippen molar-refractivity contribution in [1.82, 2.24) is 0 Å². The Balaban J connectivity index is 1.75. The summed E-state index contributed by atoms with van der Waals surface area (Å²) in [5.74, 6) is -0.0359. The van der Waals surface area contributed by atoms with E-state index in [1.165, 1.54) is 0 Å². The van der Waals surface area contributed by atoms with Crippen molar-refractivity contribution in [1.29, 1.82) is 0 Å². The molecule has 0 heterocycles. The third kappa shape index (κ3) is 5.12. The van der Waals surface area contributed by atoms with Crippen LogP contribution in [-0.2, 0) is 16.1 Å². The topological polar surface area (TPSA) is 78.6 Å². The van der Waals surface area contributed by atoms with E-state index in [0.29, 0.717) is 5.56 Å². The second-order valence-electron chi connectivity index (χ2n) is 5.59. The molecule has 1 amide bonds. The zero-order valence-electron chi connectivity index (χ0n) is 13.9. The highest BCUT2D eigenvalue weighted by Crippen LogP contribution is 2.19. The number of carbonyl (C=O) groups is 2. The Labute approximate surface area is 141 Å². The molecule has 0 spiro atoms. The Hall–Kier alpha value is -2.82. The first-order valence-electron chi connectivity index (χ1n) is 7.70. The van der Waals surface area contributed by atoms with Crippen molar-refractivity contribution in [3.63, 3.8) is 0 Å². The van der Waals surface area contributed by atoms with Gasteiger partial charge in [0.25, 0.3) is 0 Å². The number of carbonyl (C=O) groups excluding carboxylic acids is 2. The molecule has 0 radical (unpaired) electrons. The van der Waals surface area contributed by atoms with Gasteiger partial charge in [0.05, 0.1) is 13.0 Å². The number of nitrogens with two attached hydrogens (primary N) is 1. The number of benzene rings is 2. The predicted octanol–water partition coefficient (Wildman–Crippen LogP) is 2.91. The van der Waals surface area contributed by atoms with Crippen molar-refractivity contribution >= 4 is 11.9 Å². The molecule has 2 N–H and O–H groups in total. The highest BCUT2D eigenvalue weighted by molar-refractivity contribution is 5.92. The van der Waals surface area contributed by atoms with Crippen LogP contribution in [0.1, 0.15) is 33.5 Å². The zero-order chi connectivity index (χ0) is 17.5. The van der Waals surface area contributed by atoms with Gasteiger partial charge in [-0.25, -0.2) is 0 Å². The summed E-state index contributed by atoms with van der Waals surface area (Å²) in [5, 5.41) is 0. The molecular formula is C19H21NO4. The fraction of sp³-hybridized carbons (Fsp3) is 0.263. The van der Waals surface area contributed by atoms with E-state index in [9.17, 15) is 9.59 Å². The number of esters is 1. The zero-order valence-corrected chi connectivity index (χ0v) is 13.9. The van der Waals surface area contributed by atoms with Crippen LogP contribution in [0.3, 0.4) is 0 Å². The van der Waals surface area contributed by atoms with Gasteiger partial charge in [0, 0.05) is 5.56 Å². The Kier molecular flexibility index (Phi) is 5.95. The first-order chi connectivity index (χ1) is 11.5. The minimum atomic E-state index is -0.484. The van der Waals surface area contributed by atoms with Gasteiger partial charge in [0.15, 0.2) is 0 Å². The molecule has 0 atom stereocenters. The Bertz CT molecular complexity index is 723. The van der Waals surface area contributed by atoms with Crippen LogP contribution in [0.5, 0.6) is 5.75 Å². The summed E-state index contributed by atoms with van der Waals surface area (Å²) in [6.07, 6.45) is 0.173. The molecule has 0 fully saturated rings. The number of aryl methyl sites for hydroxylation is 2. The summed E-state index contributed by atoms with van der Waals surface area (Å²) >= 11 is 0. The van der Waals surface area contributed by atoms with Gasteiger partial charge in [-0.3, -0.25) is 9.59 Å². The molecule has 0 aliphatic rings. The van der Waals surface area contributed by atoms with E-state index in [0.717, 1.165) is 22.4 Å². The second kappa shape index (κ2) is 8.15. The average Bonchev–Trinajstić information content (AvgIpc) is 2.56. The van der Waals surface area contributed by atoms with E-state index in [4.69, 9.17) is 15.2 Å². The minimum Gasteiger partial charge on any atom is -0.493 e. The fourth-order valence-electron chi connectivity index (χ4n) is 2.11. The average molecular weight is 327 g/mol. The summed E-state index contributed by atoms with van der Waals surface area (Å²) in [7, 11) is 0. The van der Waals surface area contributed by atoms with E-state index in [-0.39, 0.29) is 25.6 Å². The van der Waals surface area contributed by atoms with Crippen LogP contribution in [0.25, 0.3) is 0 Å². The van der Waals surface area contributed by atoms with Gasteiger partial charge >= 0.3 is 5.97 Å². The maximum absolute atomic E-state index is 11.8. The van der Waals surface area contributed by atoms with Crippen LogP contribution in [0.4, 0.5) is 0 Å². The van der Waals surface area contributed by atoms with Gasteiger partial charge in [-0.05, 0) is 48.7 Å². The molecule has 0 aliphatic carbocycles. The predicted molar refractivity (Wildman–Crippen MR) is 90.8 cm³/mol. The highest BCUT2D eigenvalue weighted by atomic mass is 16.5. The van der Waals surface area contributed by atoms with Crippen molar-refractivity contribution in [2.45, 2.75) is 26.9 Å².